The van der Waals surface area contributed by atoms with E-state index < -0.39 is 0 Å². The molecule has 0 radical (unpaired) electrons. The normalized spacial score (nSPS) is 10.2. The van der Waals surface area contributed by atoms with Gasteiger partial charge in [0.05, 0.1) is 22.0 Å². The SMILES string of the molecule is CNc1cc(C)ncc1C(=O)Nc1ccc(Cl)cc1Cl. The lowest BCUT2D eigenvalue weighted by Gasteiger charge is -2.11. The molecule has 0 saturated heterocycles. The third-order valence-corrected chi connectivity index (χ3v) is 3.28. The summed E-state index contributed by atoms with van der Waals surface area (Å²) in [5, 5.41) is 6.61. The van der Waals surface area contributed by atoms with Crippen LogP contribution >= 0.6 is 23.2 Å². The van der Waals surface area contributed by atoms with Gasteiger partial charge in [-0.15, -0.1) is 0 Å². The molecule has 0 unspecified atom stereocenters. The van der Waals surface area contributed by atoms with E-state index in [2.05, 4.69) is 15.6 Å². The molecule has 0 bridgehead atoms. The number of benzene rings is 1. The number of hydrogen-bond donors (Lipinski definition) is 2. The van der Waals surface area contributed by atoms with Crippen molar-refractivity contribution in [2.24, 2.45) is 0 Å². The first-order valence-corrected chi connectivity index (χ1v) is 6.67. The van der Waals surface area contributed by atoms with Crippen molar-refractivity contribution in [3.8, 4) is 0 Å². The fourth-order valence-corrected chi connectivity index (χ4v) is 2.18. The minimum atomic E-state index is -0.286. The van der Waals surface area contributed by atoms with E-state index in [1.807, 2.05) is 6.92 Å². The van der Waals surface area contributed by atoms with Crippen LogP contribution in [0.3, 0.4) is 0 Å². The van der Waals surface area contributed by atoms with Crippen LogP contribution < -0.4 is 10.6 Å². The number of halogens is 2. The van der Waals surface area contributed by atoms with E-state index in [1.165, 1.54) is 6.20 Å². The van der Waals surface area contributed by atoms with Crippen molar-refractivity contribution in [2.75, 3.05) is 17.7 Å². The molecule has 2 rings (SSSR count). The Kier molecular flexibility index (Phi) is 4.47. The van der Waals surface area contributed by atoms with Gasteiger partial charge in [-0.1, -0.05) is 23.2 Å². The van der Waals surface area contributed by atoms with Crippen LogP contribution in [0.25, 0.3) is 0 Å². The summed E-state index contributed by atoms with van der Waals surface area (Å²) in [7, 11) is 1.75. The zero-order valence-electron chi connectivity index (χ0n) is 11.0. The topological polar surface area (TPSA) is 54.0 Å². The minimum Gasteiger partial charge on any atom is -0.387 e. The van der Waals surface area contributed by atoms with E-state index in [4.69, 9.17) is 23.2 Å². The molecule has 1 heterocycles. The van der Waals surface area contributed by atoms with Crippen LogP contribution in [0.5, 0.6) is 0 Å². The molecule has 20 heavy (non-hydrogen) atoms. The van der Waals surface area contributed by atoms with Gasteiger partial charge in [-0.3, -0.25) is 9.78 Å². The van der Waals surface area contributed by atoms with Crippen LogP contribution in [-0.2, 0) is 0 Å². The maximum atomic E-state index is 12.3. The number of carbonyl (C=O) groups is 1. The molecule has 2 aromatic rings. The van der Waals surface area contributed by atoms with Crippen LogP contribution in [0.15, 0.2) is 30.5 Å². The standard InChI is InChI=1S/C14H13Cl2N3O/c1-8-5-13(17-2)10(7-18-8)14(20)19-12-4-3-9(15)6-11(12)16/h3-7H,1-2H3,(H,17,18)(H,19,20). The predicted molar refractivity (Wildman–Crippen MR) is 82.9 cm³/mol. The summed E-state index contributed by atoms with van der Waals surface area (Å²) >= 11 is 11.8. The Balaban J connectivity index is 2.28. The number of pyridine rings is 1. The number of amides is 1. The Bertz CT molecular complexity index is 659. The highest BCUT2D eigenvalue weighted by Gasteiger charge is 2.13. The van der Waals surface area contributed by atoms with Gasteiger partial charge in [-0.05, 0) is 31.2 Å². The van der Waals surface area contributed by atoms with E-state index >= 15 is 0 Å². The van der Waals surface area contributed by atoms with E-state index in [-0.39, 0.29) is 5.91 Å². The monoisotopic (exact) mass is 309 g/mol. The zero-order chi connectivity index (χ0) is 14.7. The number of carbonyl (C=O) groups excluding carboxylic acids is 1. The van der Waals surface area contributed by atoms with Crippen molar-refractivity contribution in [1.82, 2.24) is 4.98 Å². The van der Waals surface area contributed by atoms with Crippen molar-refractivity contribution in [2.45, 2.75) is 6.92 Å². The van der Waals surface area contributed by atoms with Gasteiger partial charge in [0, 0.05) is 24.0 Å². The number of nitrogens with one attached hydrogen (secondary N) is 2. The smallest absolute Gasteiger partial charge is 0.259 e. The highest BCUT2D eigenvalue weighted by molar-refractivity contribution is 6.36. The van der Waals surface area contributed by atoms with Crippen molar-refractivity contribution >= 4 is 40.5 Å². The molecule has 0 spiro atoms. The predicted octanol–water partition coefficient (Wildman–Crippen LogP) is 3.99. The average Bonchev–Trinajstić information content (AvgIpc) is 2.41. The summed E-state index contributed by atoms with van der Waals surface area (Å²) in [6, 6.07) is 6.70. The van der Waals surface area contributed by atoms with Crippen LogP contribution in [0.2, 0.25) is 10.0 Å². The highest BCUT2D eigenvalue weighted by Crippen LogP contribution is 2.26. The molecule has 0 aliphatic rings. The second kappa shape index (κ2) is 6.11. The van der Waals surface area contributed by atoms with Gasteiger partial charge in [0.25, 0.3) is 5.91 Å². The molecular formula is C14H13Cl2N3O. The summed E-state index contributed by atoms with van der Waals surface area (Å²) < 4.78 is 0. The molecule has 1 amide bonds. The van der Waals surface area contributed by atoms with Crippen LogP contribution in [0.4, 0.5) is 11.4 Å². The zero-order valence-corrected chi connectivity index (χ0v) is 12.5. The molecule has 0 aliphatic heterocycles. The third-order valence-electron chi connectivity index (χ3n) is 2.73. The van der Waals surface area contributed by atoms with Crippen LogP contribution in [-0.4, -0.2) is 17.9 Å². The fourth-order valence-electron chi connectivity index (χ4n) is 1.73. The maximum absolute atomic E-state index is 12.3. The Morgan fingerprint density at radius 3 is 2.60 bits per heavy atom. The maximum Gasteiger partial charge on any atom is 0.259 e. The van der Waals surface area contributed by atoms with Crippen LogP contribution in [0, 0.1) is 6.92 Å². The lowest BCUT2D eigenvalue weighted by atomic mass is 10.2. The van der Waals surface area contributed by atoms with Crippen molar-refractivity contribution in [3.63, 3.8) is 0 Å². The van der Waals surface area contributed by atoms with Crippen molar-refractivity contribution in [3.05, 3.63) is 51.8 Å². The second-order valence-corrected chi connectivity index (χ2v) is 5.04. The van der Waals surface area contributed by atoms with Gasteiger partial charge in [0.1, 0.15) is 0 Å². The van der Waals surface area contributed by atoms with E-state index in [0.29, 0.717) is 27.0 Å². The largest absolute Gasteiger partial charge is 0.387 e. The molecule has 0 aliphatic carbocycles. The van der Waals surface area contributed by atoms with Gasteiger partial charge < -0.3 is 10.6 Å². The van der Waals surface area contributed by atoms with Crippen LogP contribution in [0.1, 0.15) is 16.1 Å². The number of rotatable bonds is 3. The lowest BCUT2D eigenvalue weighted by molar-refractivity contribution is 0.102. The van der Waals surface area contributed by atoms with Gasteiger partial charge in [0.15, 0.2) is 0 Å². The van der Waals surface area contributed by atoms with Gasteiger partial charge in [0.2, 0.25) is 0 Å². The Morgan fingerprint density at radius 2 is 1.95 bits per heavy atom. The second-order valence-electron chi connectivity index (χ2n) is 4.20. The molecule has 104 valence electrons. The summed E-state index contributed by atoms with van der Waals surface area (Å²) in [5.74, 6) is -0.286. The Labute approximate surface area is 127 Å². The molecule has 0 fully saturated rings. The summed E-state index contributed by atoms with van der Waals surface area (Å²) in [4.78, 5) is 16.4. The Hall–Kier alpha value is -1.78. The number of nitrogens with zero attached hydrogens (tertiary/aromatic N) is 1. The lowest BCUT2D eigenvalue weighted by Crippen LogP contribution is -2.15. The highest BCUT2D eigenvalue weighted by atomic mass is 35.5. The molecule has 1 aromatic carbocycles. The molecule has 2 N–H and O–H groups in total. The van der Waals surface area contributed by atoms with Gasteiger partial charge >= 0.3 is 0 Å². The van der Waals surface area contributed by atoms with E-state index in [9.17, 15) is 4.79 Å². The fraction of sp³-hybridized carbons (Fsp3) is 0.143. The van der Waals surface area contributed by atoms with Crippen molar-refractivity contribution < 1.29 is 4.79 Å². The summed E-state index contributed by atoms with van der Waals surface area (Å²) in [6.07, 6.45) is 1.53. The molecular weight excluding hydrogens is 297 g/mol. The molecule has 4 nitrogen and oxygen atoms in total. The molecule has 0 saturated carbocycles. The molecule has 6 heteroatoms. The van der Waals surface area contributed by atoms with E-state index in [0.717, 1.165) is 5.69 Å². The first-order valence-electron chi connectivity index (χ1n) is 5.92. The first kappa shape index (κ1) is 14.6. The summed E-state index contributed by atoms with van der Waals surface area (Å²) in [6.45, 7) is 1.86. The van der Waals surface area contributed by atoms with Gasteiger partial charge in [-0.25, -0.2) is 0 Å². The average molecular weight is 310 g/mol. The van der Waals surface area contributed by atoms with E-state index in [1.54, 1.807) is 31.3 Å². The molecule has 1 aromatic heterocycles. The number of hydrogen-bond acceptors (Lipinski definition) is 3. The number of aromatic nitrogens is 1. The number of aryl methyl sites for hydroxylation is 1. The Morgan fingerprint density at radius 1 is 1.20 bits per heavy atom. The third kappa shape index (κ3) is 3.21. The summed E-state index contributed by atoms with van der Waals surface area (Å²) in [5.41, 5.74) is 2.49. The molecule has 0 atom stereocenters. The van der Waals surface area contributed by atoms with Gasteiger partial charge in [-0.2, -0.15) is 0 Å². The van der Waals surface area contributed by atoms with Crippen molar-refractivity contribution in [1.29, 1.82) is 0 Å². The quantitative estimate of drug-likeness (QED) is 0.901. The first-order chi connectivity index (χ1) is 9.51. The minimum absolute atomic E-state index is 0.286. The number of anilines is 2.